The topological polar surface area (TPSA) is 41.4 Å². The van der Waals surface area contributed by atoms with Gasteiger partial charge in [-0.05, 0) is 24.6 Å². The van der Waals surface area contributed by atoms with Gasteiger partial charge in [0.25, 0.3) is 0 Å². The van der Waals surface area contributed by atoms with Crippen molar-refractivity contribution in [3.63, 3.8) is 0 Å². The zero-order valence-electron chi connectivity index (χ0n) is 15.6. The quantitative estimate of drug-likeness (QED) is 0.693. The number of amides is 1. The van der Waals surface area contributed by atoms with Gasteiger partial charge >= 0.3 is 0 Å². The molecule has 0 saturated carbocycles. The largest absolute Gasteiger partial charge is 0.367 e. The van der Waals surface area contributed by atoms with Crippen LogP contribution >= 0.6 is 11.6 Å². The van der Waals surface area contributed by atoms with Gasteiger partial charge in [-0.3, -0.25) is 9.78 Å². The minimum Gasteiger partial charge on any atom is -0.367 e. The van der Waals surface area contributed by atoms with Crippen LogP contribution in [0.4, 0.5) is 5.69 Å². The zero-order valence-corrected chi connectivity index (χ0v) is 16.4. The van der Waals surface area contributed by atoms with E-state index in [1.165, 1.54) is 0 Å². The molecule has 2 aromatic heterocycles. The van der Waals surface area contributed by atoms with Crippen LogP contribution < -0.4 is 4.90 Å². The number of carbonyl (C=O) groups is 1. The number of aromatic nitrogens is 2. The number of carbonyl (C=O) groups excluding carboxylic acids is 1. The van der Waals surface area contributed by atoms with Crippen molar-refractivity contribution in [2.24, 2.45) is 7.05 Å². The maximum absolute atomic E-state index is 13.1. The van der Waals surface area contributed by atoms with E-state index < -0.39 is 0 Å². The van der Waals surface area contributed by atoms with Gasteiger partial charge in [0.15, 0.2) is 0 Å². The van der Waals surface area contributed by atoms with Crippen molar-refractivity contribution in [1.29, 1.82) is 0 Å². The fourth-order valence-electron chi connectivity index (χ4n) is 3.92. The summed E-state index contributed by atoms with van der Waals surface area (Å²) >= 11 is 6.26. The number of halogens is 1. The van der Waals surface area contributed by atoms with Crippen molar-refractivity contribution in [3.8, 4) is 0 Å². The number of aryl methyl sites for hydroxylation is 1. The first kappa shape index (κ1) is 17.9. The minimum absolute atomic E-state index is 0.160. The molecule has 27 heavy (non-hydrogen) atoms. The first-order chi connectivity index (χ1) is 13.1. The summed E-state index contributed by atoms with van der Waals surface area (Å²) in [6.45, 7) is 4.96. The molecule has 3 aromatic rings. The average Bonchev–Trinajstić information content (AvgIpc) is 3.04. The maximum Gasteiger partial charge on any atom is 0.230 e. The molecule has 0 bridgehead atoms. The number of nitrogens with zero attached hydrogens (tertiary/aromatic N) is 4. The number of fused-ring (bicyclic) bond motifs is 1. The Morgan fingerprint density at radius 2 is 1.89 bits per heavy atom. The third-order valence-electron chi connectivity index (χ3n) is 5.45. The normalized spacial score (nSPS) is 16.0. The highest BCUT2D eigenvalue weighted by atomic mass is 35.5. The Morgan fingerprint density at radius 3 is 2.63 bits per heavy atom. The van der Waals surface area contributed by atoms with E-state index in [9.17, 15) is 4.79 Å². The molecular formula is C21H23ClN4O. The van der Waals surface area contributed by atoms with Crippen LogP contribution in [0.15, 0.2) is 48.9 Å². The Hall–Kier alpha value is -2.53. The van der Waals surface area contributed by atoms with E-state index >= 15 is 0 Å². The summed E-state index contributed by atoms with van der Waals surface area (Å²) in [6, 6.07) is 10.2. The molecule has 0 radical (unpaired) electrons. The maximum atomic E-state index is 13.1. The van der Waals surface area contributed by atoms with Gasteiger partial charge < -0.3 is 14.4 Å². The Labute approximate surface area is 164 Å². The summed E-state index contributed by atoms with van der Waals surface area (Å²) in [6.07, 6.45) is 5.50. The number of pyridine rings is 1. The van der Waals surface area contributed by atoms with E-state index in [0.29, 0.717) is 18.1 Å². The predicted octanol–water partition coefficient (Wildman–Crippen LogP) is 3.68. The number of hydrogen-bond donors (Lipinski definition) is 0. The molecule has 1 aromatic carbocycles. The van der Waals surface area contributed by atoms with Crippen molar-refractivity contribution in [1.82, 2.24) is 14.5 Å². The fraction of sp³-hybridized carbons (Fsp3) is 0.333. The third kappa shape index (κ3) is 3.28. The summed E-state index contributed by atoms with van der Waals surface area (Å²) in [5.41, 5.74) is 3.24. The first-order valence-corrected chi connectivity index (χ1v) is 9.61. The van der Waals surface area contributed by atoms with Crippen LogP contribution in [-0.2, 0) is 11.8 Å². The van der Waals surface area contributed by atoms with E-state index in [1.54, 1.807) is 12.4 Å². The van der Waals surface area contributed by atoms with Gasteiger partial charge in [-0.25, -0.2) is 0 Å². The van der Waals surface area contributed by atoms with Crippen LogP contribution in [0, 0.1) is 0 Å². The molecule has 3 heterocycles. The Kier molecular flexibility index (Phi) is 4.79. The predicted molar refractivity (Wildman–Crippen MR) is 109 cm³/mol. The number of anilines is 1. The molecule has 1 saturated heterocycles. The second kappa shape index (κ2) is 7.24. The lowest BCUT2D eigenvalue weighted by molar-refractivity contribution is -0.132. The second-order valence-electron chi connectivity index (χ2n) is 7.07. The summed E-state index contributed by atoms with van der Waals surface area (Å²) in [4.78, 5) is 21.4. The Bertz CT molecular complexity index is 975. The standard InChI is InChI=1S/C21H23ClN4O/c1-15(17-14-24(2)19-6-4-3-5-16(17)19)21(27)26-11-9-25(10-12-26)20-7-8-23-13-18(20)22/h3-8,13-15H,9-12H2,1-2H3. The van der Waals surface area contributed by atoms with Gasteiger partial charge in [-0.1, -0.05) is 29.8 Å². The van der Waals surface area contributed by atoms with Gasteiger partial charge in [0, 0.05) is 62.7 Å². The van der Waals surface area contributed by atoms with E-state index in [1.807, 2.05) is 37.1 Å². The van der Waals surface area contributed by atoms with Gasteiger partial charge in [0.2, 0.25) is 5.91 Å². The number of para-hydroxylation sites is 1. The first-order valence-electron chi connectivity index (χ1n) is 9.23. The van der Waals surface area contributed by atoms with Gasteiger partial charge in [-0.15, -0.1) is 0 Å². The van der Waals surface area contributed by atoms with Gasteiger partial charge in [0.1, 0.15) is 0 Å². The molecule has 1 fully saturated rings. The molecule has 1 aliphatic heterocycles. The molecule has 4 rings (SSSR count). The lowest BCUT2D eigenvalue weighted by atomic mass is 9.98. The van der Waals surface area contributed by atoms with E-state index in [4.69, 9.17) is 11.6 Å². The smallest absolute Gasteiger partial charge is 0.230 e. The van der Waals surface area contributed by atoms with Crippen molar-refractivity contribution in [2.45, 2.75) is 12.8 Å². The molecule has 1 unspecified atom stereocenters. The van der Waals surface area contributed by atoms with Gasteiger partial charge in [0.05, 0.1) is 16.6 Å². The van der Waals surface area contributed by atoms with Crippen LogP contribution in [0.2, 0.25) is 5.02 Å². The lowest BCUT2D eigenvalue weighted by Gasteiger charge is -2.37. The fourth-order valence-corrected chi connectivity index (χ4v) is 4.16. The van der Waals surface area contributed by atoms with Gasteiger partial charge in [-0.2, -0.15) is 0 Å². The molecule has 1 amide bonds. The Morgan fingerprint density at radius 1 is 1.15 bits per heavy atom. The lowest BCUT2D eigenvalue weighted by Crippen LogP contribution is -2.49. The number of hydrogen-bond acceptors (Lipinski definition) is 3. The molecule has 5 nitrogen and oxygen atoms in total. The van der Waals surface area contributed by atoms with Crippen LogP contribution in [-0.4, -0.2) is 46.5 Å². The van der Waals surface area contributed by atoms with Crippen molar-refractivity contribution in [3.05, 3.63) is 59.5 Å². The van der Waals surface area contributed by atoms with Crippen LogP contribution in [0.25, 0.3) is 10.9 Å². The summed E-state index contributed by atoms with van der Waals surface area (Å²) in [7, 11) is 2.03. The van der Waals surface area contributed by atoms with Crippen LogP contribution in [0.5, 0.6) is 0 Å². The monoisotopic (exact) mass is 382 g/mol. The van der Waals surface area contributed by atoms with Crippen LogP contribution in [0.1, 0.15) is 18.4 Å². The number of rotatable bonds is 3. The molecule has 1 atom stereocenters. The van der Waals surface area contributed by atoms with Crippen molar-refractivity contribution >= 4 is 34.1 Å². The summed E-state index contributed by atoms with van der Waals surface area (Å²) in [5.74, 6) is 0.0268. The molecular weight excluding hydrogens is 360 g/mol. The Balaban J connectivity index is 1.48. The minimum atomic E-state index is -0.160. The van der Waals surface area contributed by atoms with Crippen LogP contribution in [0.3, 0.4) is 0 Å². The van der Waals surface area contributed by atoms with Crippen molar-refractivity contribution in [2.75, 3.05) is 31.1 Å². The van der Waals surface area contributed by atoms with E-state index in [2.05, 4.69) is 32.8 Å². The highest BCUT2D eigenvalue weighted by molar-refractivity contribution is 6.33. The SMILES string of the molecule is CC(C(=O)N1CCN(c2ccncc2Cl)CC1)c1cn(C)c2ccccc12. The number of piperazine rings is 1. The molecule has 6 heteroatoms. The highest BCUT2D eigenvalue weighted by Gasteiger charge is 2.28. The second-order valence-corrected chi connectivity index (χ2v) is 7.48. The molecule has 1 aliphatic rings. The van der Waals surface area contributed by atoms with E-state index in [-0.39, 0.29) is 11.8 Å². The molecule has 0 N–H and O–H groups in total. The zero-order chi connectivity index (χ0) is 19.0. The summed E-state index contributed by atoms with van der Waals surface area (Å²) in [5, 5.41) is 1.81. The van der Waals surface area contributed by atoms with E-state index in [0.717, 1.165) is 35.2 Å². The molecule has 0 aliphatic carbocycles. The highest BCUT2D eigenvalue weighted by Crippen LogP contribution is 2.30. The third-order valence-corrected chi connectivity index (χ3v) is 5.74. The molecule has 0 spiro atoms. The molecule has 140 valence electrons. The average molecular weight is 383 g/mol. The summed E-state index contributed by atoms with van der Waals surface area (Å²) < 4.78 is 2.10. The number of benzene rings is 1. The van der Waals surface area contributed by atoms with Crippen molar-refractivity contribution < 1.29 is 4.79 Å².